The van der Waals surface area contributed by atoms with Crippen LogP contribution in [0.25, 0.3) is 5.65 Å². The van der Waals surface area contributed by atoms with Crippen molar-refractivity contribution < 1.29 is 13.9 Å². The Hall–Kier alpha value is -4.21. The van der Waals surface area contributed by atoms with Crippen molar-refractivity contribution in [3.05, 3.63) is 82.3 Å². The molecule has 9 nitrogen and oxygen atoms in total. The van der Waals surface area contributed by atoms with E-state index in [9.17, 15) is 14.0 Å². The summed E-state index contributed by atoms with van der Waals surface area (Å²) in [6, 6.07) is 10.5. The highest BCUT2D eigenvalue weighted by Crippen LogP contribution is 2.26. The number of hydrogen-bond donors (Lipinski definition) is 3. The third-order valence-corrected chi connectivity index (χ3v) is 4.43. The summed E-state index contributed by atoms with van der Waals surface area (Å²) in [6.45, 7) is 1.95. The first-order valence-electron chi connectivity index (χ1n) is 9.53. The molecule has 0 spiro atoms. The van der Waals surface area contributed by atoms with Crippen molar-refractivity contribution in [3.63, 3.8) is 0 Å². The molecule has 0 saturated heterocycles. The van der Waals surface area contributed by atoms with Crippen LogP contribution in [0.1, 0.15) is 22.8 Å². The lowest BCUT2D eigenvalue weighted by molar-refractivity contribution is 0.0528. The van der Waals surface area contributed by atoms with Crippen LogP contribution in [0.3, 0.4) is 0 Å². The Kier molecular flexibility index (Phi) is 5.61. The molecule has 0 saturated carbocycles. The van der Waals surface area contributed by atoms with Gasteiger partial charge in [-0.3, -0.25) is 4.79 Å². The first kappa shape index (κ1) is 20.1. The second-order valence-electron chi connectivity index (χ2n) is 6.57. The summed E-state index contributed by atoms with van der Waals surface area (Å²) in [6.07, 6.45) is 4.04. The fourth-order valence-corrected chi connectivity index (χ4v) is 2.98. The standard InChI is InChI=1S/C21H19FN6O3/c1-2-31-21(30)16-11-25-28-12-17(26-15-6-4-3-5-7-15)18(27-19(16)28)23-9-13-8-14(22)10-24-20(13)29/h3-8,10-12,26H,2,9H2,1H3,(H,23,27)(H,24,29). The number of anilines is 3. The maximum absolute atomic E-state index is 13.5. The molecule has 4 rings (SSSR count). The minimum atomic E-state index is -0.553. The molecule has 0 aliphatic heterocycles. The number of nitrogens with one attached hydrogen (secondary N) is 3. The van der Waals surface area contributed by atoms with Gasteiger partial charge in [0.1, 0.15) is 17.1 Å². The molecule has 0 aliphatic rings. The maximum Gasteiger partial charge on any atom is 0.343 e. The summed E-state index contributed by atoms with van der Waals surface area (Å²) < 4.78 is 20.1. The molecular weight excluding hydrogens is 403 g/mol. The van der Waals surface area contributed by atoms with Crippen LogP contribution in [0, 0.1) is 5.82 Å². The topological polar surface area (TPSA) is 113 Å². The number of carbonyl (C=O) groups excluding carboxylic acids is 1. The summed E-state index contributed by atoms with van der Waals surface area (Å²) in [7, 11) is 0. The van der Waals surface area contributed by atoms with E-state index in [-0.39, 0.29) is 29.9 Å². The SMILES string of the molecule is CCOC(=O)c1cnn2cc(Nc3ccccc3)c(NCc3cc(F)c[nH]c3=O)nc12. The van der Waals surface area contributed by atoms with Gasteiger partial charge in [-0.25, -0.2) is 18.7 Å². The fourth-order valence-electron chi connectivity index (χ4n) is 2.98. The van der Waals surface area contributed by atoms with Gasteiger partial charge >= 0.3 is 5.97 Å². The summed E-state index contributed by atoms with van der Waals surface area (Å²) in [5, 5.41) is 10.5. The zero-order chi connectivity index (χ0) is 21.8. The first-order valence-corrected chi connectivity index (χ1v) is 9.53. The summed E-state index contributed by atoms with van der Waals surface area (Å²) in [5.74, 6) is -0.741. The van der Waals surface area contributed by atoms with Crippen molar-refractivity contribution in [1.82, 2.24) is 19.6 Å². The first-order chi connectivity index (χ1) is 15.0. The highest BCUT2D eigenvalue weighted by atomic mass is 19.1. The number of benzene rings is 1. The van der Waals surface area contributed by atoms with E-state index in [0.717, 1.165) is 18.0 Å². The van der Waals surface area contributed by atoms with Crippen LogP contribution in [0.2, 0.25) is 0 Å². The van der Waals surface area contributed by atoms with Crippen LogP contribution in [0.15, 0.2) is 59.8 Å². The lowest BCUT2D eigenvalue weighted by atomic mass is 10.2. The van der Waals surface area contributed by atoms with Gasteiger partial charge in [0.25, 0.3) is 5.56 Å². The third-order valence-electron chi connectivity index (χ3n) is 4.43. The molecule has 4 aromatic rings. The van der Waals surface area contributed by atoms with Crippen molar-refractivity contribution in [1.29, 1.82) is 0 Å². The molecule has 3 heterocycles. The monoisotopic (exact) mass is 422 g/mol. The van der Waals surface area contributed by atoms with Gasteiger partial charge < -0.3 is 20.4 Å². The number of hydrogen-bond acceptors (Lipinski definition) is 7. The smallest absolute Gasteiger partial charge is 0.343 e. The van der Waals surface area contributed by atoms with Gasteiger partial charge in [0, 0.05) is 24.0 Å². The number of aromatic amines is 1. The minimum Gasteiger partial charge on any atom is -0.462 e. The van der Waals surface area contributed by atoms with E-state index in [2.05, 4.69) is 25.7 Å². The highest BCUT2D eigenvalue weighted by Gasteiger charge is 2.18. The van der Waals surface area contributed by atoms with Crippen LogP contribution in [0.5, 0.6) is 0 Å². The average molecular weight is 422 g/mol. The molecule has 31 heavy (non-hydrogen) atoms. The lowest BCUT2D eigenvalue weighted by Crippen LogP contribution is -2.17. The van der Waals surface area contributed by atoms with E-state index in [1.54, 1.807) is 13.1 Å². The molecule has 0 unspecified atom stereocenters. The van der Waals surface area contributed by atoms with Crippen molar-refractivity contribution in [2.45, 2.75) is 13.5 Å². The fraction of sp³-hybridized carbons (Fsp3) is 0.143. The molecule has 0 atom stereocenters. The van der Waals surface area contributed by atoms with Gasteiger partial charge in [-0.05, 0) is 25.1 Å². The number of rotatable bonds is 7. The normalized spacial score (nSPS) is 10.8. The van der Waals surface area contributed by atoms with Crippen molar-refractivity contribution in [2.24, 2.45) is 0 Å². The van der Waals surface area contributed by atoms with Crippen molar-refractivity contribution in [2.75, 3.05) is 17.2 Å². The van der Waals surface area contributed by atoms with E-state index in [4.69, 9.17) is 4.74 Å². The van der Waals surface area contributed by atoms with Crippen molar-refractivity contribution in [3.8, 4) is 0 Å². The highest BCUT2D eigenvalue weighted by molar-refractivity contribution is 5.96. The van der Waals surface area contributed by atoms with E-state index < -0.39 is 17.3 Å². The molecule has 1 aromatic carbocycles. The van der Waals surface area contributed by atoms with Crippen LogP contribution >= 0.6 is 0 Å². The van der Waals surface area contributed by atoms with Gasteiger partial charge in [-0.15, -0.1) is 0 Å². The quantitative estimate of drug-likeness (QED) is 0.392. The Labute approximate surface area is 175 Å². The molecule has 158 valence electrons. The molecule has 0 fully saturated rings. The number of esters is 1. The molecular formula is C21H19FN6O3. The second kappa shape index (κ2) is 8.66. The number of pyridine rings is 1. The number of fused-ring (bicyclic) bond motifs is 1. The summed E-state index contributed by atoms with van der Waals surface area (Å²) in [4.78, 5) is 31.1. The van der Waals surface area contributed by atoms with Crippen LogP contribution in [-0.2, 0) is 11.3 Å². The molecule has 0 aliphatic carbocycles. The number of nitrogens with zero attached hydrogens (tertiary/aromatic N) is 3. The molecule has 10 heteroatoms. The van der Waals surface area contributed by atoms with Gasteiger partial charge in [-0.2, -0.15) is 5.10 Å². The molecule has 0 radical (unpaired) electrons. The Morgan fingerprint density at radius 3 is 2.87 bits per heavy atom. The van der Waals surface area contributed by atoms with E-state index in [1.165, 1.54) is 10.7 Å². The van der Waals surface area contributed by atoms with Gasteiger partial charge in [0.2, 0.25) is 0 Å². The number of halogens is 1. The minimum absolute atomic E-state index is 0.0165. The Morgan fingerprint density at radius 2 is 2.10 bits per heavy atom. The van der Waals surface area contributed by atoms with Crippen LogP contribution < -0.4 is 16.2 Å². The van der Waals surface area contributed by atoms with Gasteiger partial charge in [0.05, 0.1) is 19.0 Å². The average Bonchev–Trinajstić information content (AvgIpc) is 3.18. The number of para-hydroxylation sites is 1. The van der Waals surface area contributed by atoms with Crippen molar-refractivity contribution >= 4 is 28.8 Å². The Bertz CT molecular complexity index is 1290. The third kappa shape index (κ3) is 4.37. The largest absolute Gasteiger partial charge is 0.462 e. The Balaban J connectivity index is 1.73. The van der Waals surface area contributed by atoms with Crippen LogP contribution in [0.4, 0.5) is 21.6 Å². The van der Waals surface area contributed by atoms with Gasteiger partial charge in [-0.1, -0.05) is 18.2 Å². The summed E-state index contributed by atoms with van der Waals surface area (Å²) in [5.41, 5.74) is 1.63. The summed E-state index contributed by atoms with van der Waals surface area (Å²) >= 11 is 0. The van der Waals surface area contributed by atoms with Crippen LogP contribution in [-0.4, -0.2) is 32.2 Å². The predicted octanol–water partition coefficient (Wildman–Crippen LogP) is 3.09. The van der Waals surface area contributed by atoms with E-state index in [1.807, 2.05) is 30.3 Å². The number of ether oxygens (including phenoxy) is 1. The zero-order valence-corrected chi connectivity index (χ0v) is 16.6. The molecule has 3 N–H and O–H groups in total. The molecule has 3 aromatic heterocycles. The zero-order valence-electron chi connectivity index (χ0n) is 16.6. The molecule has 0 bridgehead atoms. The van der Waals surface area contributed by atoms with E-state index in [0.29, 0.717) is 11.5 Å². The number of carbonyl (C=O) groups is 1. The van der Waals surface area contributed by atoms with Gasteiger partial charge in [0.15, 0.2) is 11.5 Å². The lowest BCUT2D eigenvalue weighted by Gasteiger charge is -2.14. The Morgan fingerprint density at radius 1 is 1.29 bits per heavy atom. The van der Waals surface area contributed by atoms with E-state index >= 15 is 0 Å². The predicted molar refractivity (Wildman–Crippen MR) is 113 cm³/mol. The second-order valence-corrected chi connectivity index (χ2v) is 6.57. The number of aromatic nitrogens is 4. The number of H-pyrrole nitrogens is 1. The maximum atomic E-state index is 13.5. The molecule has 0 amide bonds.